The number of esters is 1. The summed E-state index contributed by atoms with van der Waals surface area (Å²) in [5, 5.41) is 7.09. The molecule has 0 atom stereocenters. The molecule has 2 aromatic heterocycles. The van der Waals surface area contributed by atoms with Crippen molar-refractivity contribution >= 4 is 34.6 Å². The first-order valence-corrected chi connectivity index (χ1v) is 9.25. The van der Waals surface area contributed by atoms with Gasteiger partial charge in [-0.05, 0) is 19.1 Å². The number of anilines is 1. The number of halogens is 1. The lowest BCUT2D eigenvalue weighted by molar-refractivity contribution is 0.0600. The van der Waals surface area contributed by atoms with E-state index in [0.29, 0.717) is 17.9 Å². The molecule has 1 aromatic carbocycles. The van der Waals surface area contributed by atoms with Crippen LogP contribution in [0.1, 0.15) is 21.1 Å². The molecule has 3 aromatic rings. The van der Waals surface area contributed by atoms with Gasteiger partial charge in [0.25, 0.3) is 5.56 Å². The van der Waals surface area contributed by atoms with Gasteiger partial charge in [0, 0.05) is 18.1 Å². The SMILES string of the molecule is COC(=O)c1ccccc1-n1ncc(N(C)Cc2nc(C)cs2)c(Cl)c1=O. The molecule has 0 bridgehead atoms. The van der Waals surface area contributed by atoms with E-state index in [-0.39, 0.29) is 10.6 Å². The van der Waals surface area contributed by atoms with E-state index < -0.39 is 11.5 Å². The molecule has 27 heavy (non-hydrogen) atoms. The van der Waals surface area contributed by atoms with Gasteiger partial charge in [-0.15, -0.1) is 11.3 Å². The number of rotatable bonds is 5. The van der Waals surface area contributed by atoms with E-state index in [1.54, 1.807) is 24.3 Å². The van der Waals surface area contributed by atoms with Crippen molar-refractivity contribution in [3.63, 3.8) is 0 Å². The van der Waals surface area contributed by atoms with Crippen molar-refractivity contribution in [2.24, 2.45) is 0 Å². The summed E-state index contributed by atoms with van der Waals surface area (Å²) in [6, 6.07) is 6.56. The van der Waals surface area contributed by atoms with Crippen molar-refractivity contribution in [2.75, 3.05) is 19.1 Å². The van der Waals surface area contributed by atoms with Crippen molar-refractivity contribution < 1.29 is 9.53 Å². The van der Waals surface area contributed by atoms with Gasteiger partial charge in [-0.25, -0.2) is 9.78 Å². The third kappa shape index (κ3) is 3.86. The van der Waals surface area contributed by atoms with Gasteiger partial charge in [-0.3, -0.25) is 4.79 Å². The topological polar surface area (TPSA) is 77.3 Å². The van der Waals surface area contributed by atoms with Crippen molar-refractivity contribution in [1.29, 1.82) is 0 Å². The minimum absolute atomic E-state index is 0.0143. The maximum Gasteiger partial charge on any atom is 0.340 e. The van der Waals surface area contributed by atoms with Crippen LogP contribution in [-0.2, 0) is 11.3 Å². The van der Waals surface area contributed by atoms with Crippen LogP contribution < -0.4 is 10.5 Å². The Labute approximate surface area is 164 Å². The van der Waals surface area contributed by atoms with E-state index in [2.05, 4.69) is 10.1 Å². The standard InChI is InChI=1S/C18H17ClN4O3S/c1-11-10-27-15(21-11)9-22(2)14-8-20-23(17(24)16(14)19)13-7-5-4-6-12(13)18(25)26-3/h4-8,10H,9H2,1-3H3. The van der Waals surface area contributed by atoms with Gasteiger partial charge in [0.15, 0.2) is 0 Å². The predicted molar refractivity (Wildman–Crippen MR) is 105 cm³/mol. The molecule has 7 nitrogen and oxygen atoms in total. The van der Waals surface area contributed by atoms with Crippen molar-refractivity contribution in [2.45, 2.75) is 13.5 Å². The summed E-state index contributed by atoms with van der Waals surface area (Å²) in [5.74, 6) is -0.559. The van der Waals surface area contributed by atoms with Gasteiger partial charge in [0.05, 0.1) is 36.8 Å². The van der Waals surface area contributed by atoms with Crippen LogP contribution in [0.4, 0.5) is 5.69 Å². The molecule has 0 radical (unpaired) electrons. The average Bonchev–Trinajstić information content (AvgIpc) is 3.07. The Morgan fingerprint density at radius 3 is 2.78 bits per heavy atom. The first-order chi connectivity index (χ1) is 12.9. The number of hydrogen-bond donors (Lipinski definition) is 0. The lowest BCUT2D eigenvalue weighted by atomic mass is 10.2. The largest absolute Gasteiger partial charge is 0.465 e. The molecule has 0 amide bonds. The summed E-state index contributed by atoms with van der Waals surface area (Å²) in [7, 11) is 3.09. The number of carbonyl (C=O) groups excluding carboxylic acids is 1. The number of nitrogens with zero attached hydrogens (tertiary/aromatic N) is 4. The molecule has 9 heteroatoms. The van der Waals surface area contributed by atoms with Gasteiger partial charge in [-0.1, -0.05) is 23.7 Å². The fourth-order valence-corrected chi connectivity index (χ4v) is 3.66. The maximum absolute atomic E-state index is 12.8. The van der Waals surface area contributed by atoms with E-state index >= 15 is 0 Å². The summed E-state index contributed by atoms with van der Waals surface area (Å²) in [4.78, 5) is 31.0. The van der Waals surface area contributed by atoms with Crippen LogP contribution in [0.2, 0.25) is 5.02 Å². The molecular formula is C18H17ClN4O3S. The fourth-order valence-electron chi connectivity index (χ4n) is 2.57. The van der Waals surface area contributed by atoms with Gasteiger partial charge < -0.3 is 9.64 Å². The second-order valence-electron chi connectivity index (χ2n) is 5.81. The molecule has 140 valence electrons. The Balaban J connectivity index is 1.99. The summed E-state index contributed by atoms with van der Waals surface area (Å²) in [6.45, 7) is 2.43. The number of thiazole rings is 1. The highest BCUT2D eigenvalue weighted by Crippen LogP contribution is 2.24. The number of benzene rings is 1. The van der Waals surface area contributed by atoms with Gasteiger partial charge in [0.2, 0.25) is 0 Å². The zero-order valence-corrected chi connectivity index (χ0v) is 16.5. The number of ether oxygens (including phenoxy) is 1. The minimum Gasteiger partial charge on any atom is -0.465 e. The third-order valence-electron chi connectivity index (χ3n) is 3.89. The number of aryl methyl sites for hydroxylation is 1. The molecule has 3 rings (SSSR count). The van der Waals surface area contributed by atoms with Gasteiger partial charge in [-0.2, -0.15) is 9.78 Å². The highest BCUT2D eigenvalue weighted by molar-refractivity contribution is 7.09. The fraction of sp³-hybridized carbons (Fsp3) is 0.222. The van der Waals surface area contributed by atoms with Crippen LogP contribution in [0.5, 0.6) is 0 Å². The van der Waals surface area contributed by atoms with Crippen LogP contribution in [0.15, 0.2) is 40.6 Å². The molecule has 2 heterocycles. The molecule has 0 saturated carbocycles. The minimum atomic E-state index is -0.559. The van der Waals surface area contributed by atoms with E-state index in [0.717, 1.165) is 15.4 Å². The summed E-state index contributed by atoms with van der Waals surface area (Å²) < 4.78 is 5.87. The Bertz CT molecular complexity index is 1050. The average molecular weight is 405 g/mol. The smallest absolute Gasteiger partial charge is 0.340 e. The molecule has 0 aliphatic carbocycles. The van der Waals surface area contributed by atoms with Crippen LogP contribution in [0, 0.1) is 6.92 Å². The number of methoxy groups -OCH3 is 1. The van der Waals surface area contributed by atoms with Gasteiger partial charge in [0.1, 0.15) is 10.0 Å². The number of hydrogen-bond acceptors (Lipinski definition) is 7. The number of carbonyl (C=O) groups is 1. The third-order valence-corrected chi connectivity index (χ3v) is 5.20. The normalized spacial score (nSPS) is 10.7. The maximum atomic E-state index is 12.8. The van der Waals surface area contributed by atoms with E-state index in [1.165, 1.54) is 24.6 Å². The lowest BCUT2D eigenvalue weighted by Crippen LogP contribution is -2.27. The molecular weight excluding hydrogens is 388 g/mol. The Kier molecular flexibility index (Phi) is 5.57. The van der Waals surface area contributed by atoms with E-state index in [4.69, 9.17) is 16.3 Å². The molecule has 0 unspecified atom stereocenters. The van der Waals surface area contributed by atoms with Crippen LogP contribution >= 0.6 is 22.9 Å². The van der Waals surface area contributed by atoms with E-state index in [9.17, 15) is 9.59 Å². The quantitative estimate of drug-likeness (QED) is 0.608. The predicted octanol–water partition coefficient (Wildman–Crippen LogP) is 3.07. The molecule has 0 aliphatic heterocycles. The first kappa shape index (κ1) is 19.1. The summed E-state index contributed by atoms with van der Waals surface area (Å²) in [6.07, 6.45) is 1.50. The zero-order valence-electron chi connectivity index (χ0n) is 15.0. The van der Waals surface area contributed by atoms with Crippen LogP contribution in [0.25, 0.3) is 5.69 Å². The summed E-state index contributed by atoms with van der Waals surface area (Å²) >= 11 is 7.87. The molecule has 0 saturated heterocycles. The highest BCUT2D eigenvalue weighted by atomic mass is 35.5. The molecule has 0 N–H and O–H groups in total. The first-order valence-electron chi connectivity index (χ1n) is 8.00. The summed E-state index contributed by atoms with van der Waals surface area (Å²) in [5.41, 5.74) is 1.45. The van der Waals surface area contributed by atoms with E-state index in [1.807, 2.05) is 24.3 Å². The second kappa shape index (κ2) is 7.89. The Hall–Kier alpha value is -2.71. The van der Waals surface area contributed by atoms with Crippen molar-refractivity contribution in [3.05, 3.63) is 67.5 Å². The number of aromatic nitrogens is 3. The van der Waals surface area contributed by atoms with Crippen LogP contribution in [-0.4, -0.2) is 34.9 Å². The van der Waals surface area contributed by atoms with Crippen LogP contribution in [0.3, 0.4) is 0 Å². The molecule has 0 spiro atoms. The zero-order chi connectivity index (χ0) is 19.6. The lowest BCUT2D eigenvalue weighted by Gasteiger charge is -2.19. The number of para-hydroxylation sites is 1. The van der Waals surface area contributed by atoms with Crippen molar-refractivity contribution in [3.8, 4) is 5.69 Å². The Morgan fingerprint density at radius 1 is 1.37 bits per heavy atom. The monoisotopic (exact) mass is 404 g/mol. The second-order valence-corrected chi connectivity index (χ2v) is 7.13. The van der Waals surface area contributed by atoms with Gasteiger partial charge >= 0.3 is 5.97 Å². The highest BCUT2D eigenvalue weighted by Gasteiger charge is 2.19. The van der Waals surface area contributed by atoms with Crippen molar-refractivity contribution in [1.82, 2.24) is 14.8 Å². The Morgan fingerprint density at radius 2 is 2.11 bits per heavy atom. The molecule has 0 aliphatic rings. The molecule has 0 fully saturated rings.